The first kappa shape index (κ1) is 20.0. The summed E-state index contributed by atoms with van der Waals surface area (Å²) in [6, 6.07) is 0. The summed E-state index contributed by atoms with van der Waals surface area (Å²) in [7, 11) is 0. The minimum absolute atomic E-state index is 0.0158. The molecule has 4 fully saturated rings. The lowest BCUT2D eigenvalue weighted by molar-refractivity contribution is -0.128. The van der Waals surface area contributed by atoms with Crippen LogP contribution < -0.4 is 0 Å². The maximum Gasteiger partial charge on any atom is 0.0543 e. The quantitative estimate of drug-likeness (QED) is 0.537. The van der Waals surface area contributed by atoms with Gasteiger partial charge in [0.25, 0.3) is 0 Å². The first-order valence-electron chi connectivity index (χ1n) is 12.1. The van der Waals surface area contributed by atoms with Gasteiger partial charge in [0.15, 0.2) is 0 Å². The van der Waals surface area contributed by atoms with Crippen molar-refractivity contribution in [2.75, 3.05) is 0 Å². The number of aliphatic hydroxyl groups excluding tert-OH is 1. The third-order valence-corrected chi connectivity index (χ3v) is 10.1. The van der Waals surface area contributed by atoms with Crippen molar-refractivity contribution in [1.29, 1.82) is 0 Å². The topological polar surface area (TPSA) is 20.2 Å². The van der Waals surface area contributed by atoms with Gasteiger partial charge in [0.2, 0.25) is 0 Å². The summed E-state index contributed by atoms with van der Waals surface area (Å²) in [5.41, 5.74) is 1.09. The Hall–Kier alpha value is -0.300. The Balaban J connectivity index is 1.54. The maximum absolute atomic E-state index is 10.2. The van der Waals surface area contributed by atoms with Crippen LogP contribution in [0.15, 0.2) is 12.2 Å². The molecule has 0 aromatic carbocycles. The molecule has 4 rings (SSSR count). The molecule has 0 aromatic rings. The molecular weight excluding hydrogens is 328 g/mol. The lowest BCUT2D eigenvalue weighted by Crippen LogP contribution is -2.54. The van der Waals surface area contributed by atoms with Gasteiger partial charge in [0.1, 0.15) is 0 Å². The molecule has 154 valence electrons. The molecule has 0 saturated heterocycles. The first-order chi connectivity index (χ1) is 12.8. The van der Waals surface area contributed by atoms with Gasteiger partial charge in [-0.2, -0.15) is 0 Å². The summed E-state index contributed by atoms with van der Waals surface area (Å²) in [4.78, 5) is 0. The highest BCUT2D eigenvalue weighted by molar-refractivity contribution is 5.11. The van der Waals surface area contributed by atoms with Gasteiger partial charge < -0.3 is 5.11 Å². The third kappa shape index (κ3) is 3.24. The molecule has 9 atom stereocenters. The lowest BCUT2D eigenvalue weighted by atomic mass is 9.44. The van der Waals surface area contributed by atoms with Crippen LogP contribution in [0.4, 0.5) is 0 Å². The van der Waals surface area contributed by atoms with Gasteiger partial charge >= 0.3 is 0 Å². The Kier molecular flexibility index (Phi) is 5.32. The summed E-state index contributed by atoms with van der Waals surface area (Å²) in [5.74, 6) is 5.93. The second-order valence-electron chi connectivity index (χ2n) is 11.8. The zero-order valence-corrected chi connectivity index (χ0v) is 18.6. The van der Waals surface area contributed by atoms with Crippen molar-refractivity contribution in [1.82, 2.24) is 0 Å². The van der Waals surface area contributed by atoms with Crippen molar-refractivity contribution < 1.29 is 5.11 Å². The molecule has 0 aliphatic heterocycles. The lowest BCUT2D eigenvalue weighted by Gasteiger charge is -2.61. The number of allylic oxidation sites excluding steroid dienone is 2. The molecule has 0 aromatic heterocycles. The van der Waals surface area contributed by atoms with Crippen LogP contribution in [-0.2, 0) is 0 Å². The van der Waals surface area contributed by atoms with E-state index in [0.717, 1.165) is 48.3 Å². The standard InChI is InChI=1S/C26H44O/c1-17(2)6-7-18(3)22-10-11-23-21-9-8-19-16-20(27)12-14-25(19,4)24(21)13-15-26(22,23)5/h6-7,17-24,27H,8-16H2,1-5H3/b7-6+/t18?,19-,20+,21?,22?,23?,24?,25?,26?/m0/s1. The maximum atomic E-state index is 10.2. The molecule has 4 saturated carbocycles. The number of rotatable bonds is 3. The highest BCUT2D eigenvalue weighted by Gasteiger charge is 2.60. The van der Waals surface area contributed by atoms with Gasteiger partial charge in [-0.05, 0) is 110 Å². The Labute approximate surface area is 168 Å². The molecule has 1 heteroatoms. The Bertz CT molecular complexity index is 565. The molecule has 4 aliphatic carbocycles. The zero-order chi connectivity index (χ0) is 19.4. The molecular formula is C26H44O. The van der Waals surface area contributed by atoms with Crippen molar-refractivity contribution in [2.24, 2.45) is 52.3 Å². The molecule has 0 heterocycles. The molecule has 27 heavy (non-hydrogen) atoms. The van der Waals surface area contributed by atoms with E-state index in [1.807, 2.05) is 0 Å². The van der Waals surface area contributed by atoms with Gasteiger partial charge in [-0.3, -0.25) is 0 Å². The van der Waals surface area contributed by atoms with E-state index in [0.29, 0.717) is 16.7 Å². The zero-order valence-electron chi connectivity index (χ0n) is 18.6. The van der Waals surface area contributed by atoms with Crippen molar-refractivity contribution in [2.45, 2.75) is 98.5 Å². The smallest absolute Gasteiger partial charge is 0.0543 e. The second kappa shape index (κ2) is 7.19. The Morgan fingerprint density at radius 1 is 0.815 bits per heavy atom. The molecule has 4 aliphatic rings. The fourth-order valence-corrected chi connectivity index (χ4v) is 8.67. The summed E-state index contributed by atoms with van der Waals surface area (Å²) in [5, 5.41) is 10.2. The average molecular weight is 373 g/mol. The number of fused-ring (bicyclic) bond motifs is 5. The summed E-state index contributed by atoms with van der Waals surface area (Å²) in [6.45, 7) is 12.4. The van der Waals surface area contributed by atoms with E-state index in [4.69, 9.17) is 0 Å². The summed E-state index contributed by atoms with van der Waals surface area (Å²) < 4.78 is 0. The van der Waals surface area contributed by atoms with Crippen LogP contribution in [0.5, 0.6) is 0 Å². The van der Waals surface area contributed by atoms with E-state index in [2.05, 4.69) is 46.8 Å². The van der Waals surface area contributed by atoms with Gasteiger partial charge in [-0.15, -0.1) is 0 Å². The van der Waals surface area contributed by atoms with Crippen molar-refractivity contribution in [3.63, 3.8) is 0 Å². The molecule has 0 bridgehead atoms. The van der Waals surface area contributed by atoms with E-state index >= 15 is 0 Å². The highest BCUT2D eigenvalue weighted by Crippen LogP contribution is 2.68. The first-order valence-corrected chi connectivity index (χ1v) is 12.1. The predicted molar refractivity (Wildman–Crippen MR) is 114 cm³/mol. The molecule has 7 unspecified atom stereocenters. The highest BCUT2D eigenvalue weighted by atomic mass is 16.3. The minimum Gasteiger partial charge on any atom is -0.393 e. The number of hydrogen-bond donors (Lipinski definition) is 1. The second-order valence-corrected chi connectivity index (χ2v) is 11.8. The fraction of sp³-hybridized carbons (Fsp3) is 0.923. The van der Waals surface area contributed by atoms with Gasteiger partial charge in [-0.1, -0.05) is 46.8 Å². The van der Waals surface area contributed by atoms with Gasteiger partial charge in [0, 0.05) is 0 Å². The van der Waals surface area contributed by atoms with Crippen LogP contribution >= 0.6 is 0 Å². The predicted octanol–water partition coefficient (Wildman–Crippen LogP) is 6.85. The minimum atomic E-state index is -0.0158. The van der Waals surface area contributed by atoms with Crippen LogP contribution in [0.25, 0.3) is 0 Å². The molecule has 1 N–H and O–H groups in total. The fourth-order valence-electron chi connectivity index (χ4n) is 8.67. The molecule has 0 amide bonds. The summed E-state index contributed by atoms with van der Waals surface area (Å²) >= 11 is 0. The van der Waals surface area contributed by atoms with Crippen molar-refractivity contribution >= 4 is 0 Å². The molecule has 0 spiro atoms. The van der Waals surface area contributed by atoms with Crippen LogP contribution in [0, 0.1) is 52.3 Å². The van der Waals surface area contributed by atoms with E-state index in [9.17, 15) is 5.11 Å². The van der Waals surface area contributed by atoms with Crippen molar-refractivity contribution in [3.05, 3.63) is 12.2 Å². The summed E-state index contributed by atoms with van der Waals surface area (Å²) in [6.07, 6.45) is 17.0. The van der Waals surface area contributed by atoms with Crippen LogP contribution in [0.1, 0.15) is 92.4 Å². The Morgan fingerprint density at radius 3 is 2.26 bits per heavy atom. The van der Waals surface area contributed by atoms with Gasteiger partial charge in [0.05, 0.1) is 6.10 Å². The average Bonchev–Trinajstić information content (AvgIpc) is 2.97. The van der Waals surface area contributed by atoms with Crippen LogP contribution in [0.2, 0.25) is 0 Å². The Morgan fingerprint density at radius 2 is 1.52 bits per heavy atom. The van der Waals surface area contributed by atoms with E-state index < -0.39 is 0 Å². The van der Waals surface area contributed by atoms with E-state index in [-0.39, 0.29) is 6.10 Å². The molecule has 1 nitrogen and oxygen atoms in total. The van der Waals surface area contributed by atoms with Crippen molar-refractivity contribution in [3.8, 4) is 0 Å². The number of hydrogen-bond acceptors (Lipinski definition) is 1. The molecule has 0 radical (unpaired) electrons. The third-order valence-electron chi connectivity index (χ3n) is 10.1. The largest absolute Gasteiger partial charge is 0.393 e. The number of aliphatic hydroxyl groups is 1. The van der Waals surface area contributed by atoms with Crippen LogP contribution in [0.3, 0.4) is 0 Å². The monoisotopic (exact) mass is 372 g/mol. The van der Waals surface area contributed by atoms with E-state index in [1.54, 1.807) is 0 Å². The normalized spacial score (nSPS) is 51.1. The van der Waals surface area contributed by atoms with E-state index in [1.165, 1.54) is 44.9 Å². The van der Waals surface area contributed by atoms with Crippen LogP contribution in [-0.4, -0.2) is 11.2 Å². The SMILES string of the molecule is CC(C)/C=C/C(C)C1CCC2C3CC[C@H]4C[C@H](O)CCC4(C)C3CCC12C. The van der Waals surface area contributed by atoms with Gasteiger partial charge in [-0.25, -0.2) is 0 Å².